The fourth-order valence-corrected chi connectivity index (χ4v) is 7.84. The summed E-state index contributed by atoms with van der Waals surface area (Å²) in [5, 5.41) is 50.1. The molecule has 0 spiro atoms. The molecule has 0 aliphatic heterocycles. The Morgan fingerprint density at radius 3 is 1.39 bits per heavy atom. The highest BCUT2D eigenvalue weighted by atomic mass is 31.2. The van der Waals surface area contributed by atoms with E-state index in [-0.39, 0.29) is 12.8 Å². The average Bonchev–Trinajstić information content (AvgIpc) is 3.24. The third kappa shape index (κ3) is 29.7. The second-order valence-electron chi connectivity index (χ2n) is 16.3. The van der Waals surface area contributed by atoms with Crippen LogP contribution in [0.4, 0.5) is 0 Å². The van der Waals surface area contributed by atoms with Crippen molar-refractivity contribution in [2.24, 2.45) is 0 Å². The van der Waals surface area contributed by atoms with Crippen molar-refractivity contribution in [2.45, 2.75) is 224 Å². The second kappa shape index (κ2) is 37.2. The molecule has 1 rings (SSSR count). The van der Waals surface area contributed by atoms with E-state index in [1.165, 1.54) is 89.9 Å². The van der Waals surface area contributed by atoms with E-state index in [2.05, 4.69) is 50.3 Å². The van der Waals surface area contributed by atoms with Gasteiger partial charge in [0.05, 0.1) is 6.61 Å². The van der Waals surface area contributed by atoms with Gasteiger partial charge >= 0.3 is 19.8 Å². The minimum absolute atomic E-state index is 0.0213. The maximum Gasteiger partial charge on any atom is 0.472 e. The minimum atomic E-state index is -5.13. The normalized spacial score (nSPS) is 22.4. The molecule has 4 unspecified atom stereocenters. The van der Waals surface area contributed by atoms with Gasteiger partial charge in [-0.1, -0.05) is 165 Å². The number of carbonyl (C=O) groups excluding carboxylic acids is 2. The van der Waals surface area contributed by atoms with Gasteiger partial charge < -0.3 is 39.9 Å². The first kappa shape index (κ1) is 56.8. The molecule has 0 saturated heterocycles. The lowest BCUT2D eigenvalue weighted by Gasteiger charge is -2.41. The predicted molar refractivity (Wildman–Crippen MR) is 239 cm³/mol. The number of aliphatic hydroxyl groups excluding tert-OH is 5. The Bertz CT molecular complexity index is 1250. The van der Waals surface area contributed by atoms with Crippen molar-refractivity contribution in [3.63, 3.8) is 0 Å². The van der Waals surface area contributed by atoms with E-state index in [4.69, 9.17) is 18.5 Å². The van der Waals surface area contributed by atoms with Crippen molar-refractivity contribution in [3.8, 4) is 0 Å². The van der Waals surface area contributed by atoms with Crippen molar-refractivity contribution in [3.05, 3.63) is 48.6 Å². The number of phosphoric acid groups is 1. The van der Waals surface area contributed by atoms with Gasteiger partial charge in [0.15, 0.2) is 6.10 Å². The number of phosphoric ester groups is 1. The zero-order valence-corrected chi connectivity index (χ0v) is 38.3. The van der Waals surface area contributed by atoms with Crippen LogP contribution < -0.4 is 0 Å². The largest absolute Gasteiger partial charge is 0.472 e. The number of ether oxygens (including phenoxy) is 2. The van der Waals surface area contributed by atoms with E-state index in [0.29, 0.717) is 19.3 Å². The molecule has 6 N–H and O–H groups in total. The Hall–Kier alpha value is -2.19. The second-order valence-corrected chi connectivity index (χ2v) is 17.7. The van der Waals surface area contributed by atoms with Crippen molar-refractivity contribution in [1.29, 1.82) is 0 Å². The molecule has 8 atom stereocenters. The maximum absolute atomic E-state index is 12.8. The van der Waals surface area contributed by atoms with Crippen LogP contribution in [-0.2, 0) is 32.7 Å². The van der Waals surface area contributed by atoms with Gasteiger partial charge in [0.1, 0.15) is 43.2 Å². The Kier molecular flexibility index (Phi) is 34.7. The highest BCUT2D eigenvalue weighted by Gasteiger charge is 2.51. The molecule has 0 heterocycles. The fourth-order valence-electron chi connectivity index (χ4n) is 6.87. The summed E-state index contributed by atoms with van der Waals surface area (Å²) in [6, 6.07) is 0. The number of rotatable bonds is 38. The lowest BCUT2D eigenvalue weighted by atomic mass is 9.85. The highest BCUT2D eigenvalue weighted by molar-refractivity contribution is 7.47. The van der Waals surface area contributed by atoms with E-state index >= 15 is 0 Å². The molecule has 1 aliphatic rings. The SMILES string of the molecule is CCCCC/C=C\C/C=C\C/C=C\C/C=C\CCCC(=O)OC(COC(=O)CCCCCCCCCCCCCCCCC)COP(=O)(O)OC1[C@H](O)[C@H](O)C(O)[C@H](O)[C@H]1O. The molecular formula is C47H83O13P. The third-order valence-corrected chi connectivity index (χ3v) is 11.7. The first-order valence-electron chi connectivity index (χ1n) is 23.4. The lowest BCUT2D eigenvalue weighted by Crippen LogP contribution is -2.64. The molecule has 354 valence electrons. The van der Waals surface area contributed by atoms with Crippen LogP contribution in [0.15, 0.2) is 48.6 Å². The van der Waals surface area contributed by atoms with Crippen molar-refractivity contribution >= 4 is 19.8 Å². The third-order valence-electron chi connectivity index (χ3n) is 10.7. The molecule has 1 saturated carbocycles. The Morgan fingerprint density at radius 2 is 0.902 bits per heavy atom. The Morgan fingerprint density at radius 1 is 0.508 bits per heavy atom. The van der Waals surface area contributed by atoms with Gasteiger partial charge in [-0.05, 0) is 51.4 Å². The number of hydrogen-bond donors (Lipinski definition) is 6. The minimum Gasteiger partial charge on any atom is -0.462 e. The number of hydrogen-bond acceptors (Lipinski definition) is 12. The van der Waals surface area contributed by atoms with Gasteiger partial charge in [0, 0.05) is 12.8 Å². The molecule has 1 fully saturated rings. The van der Waals surface area contributed by atoms with Gasteiger partial charge in [-0.3, -0.25) is 18.6 Å². The molecule has 0 aromatic carbocycles. The molecule has 1 aliphatic carbocycles. The summed E-state index contributed by atoms with van der Waals surface area (Å²) in [5.74, 6) is -1.16. The smallest absolute Gasteiger partial charge is 0.462 e. The van der Waals surface area contributed by atoms with E-state index in [9.17, 15) is 44.6 Å². The molecule has 13 nitrogen and oxygen atoms in total. The molecule has 61 heavy (non-hydrogen) atoms. The summed E-state index contributed by atoms with van der Waals surface area (Å²) in [4.78, 5) is 35.7. The van der Waals surface area contributed by atoms with Crippen LogP contribution in [-0.4, -0.2) is 98.3 Å². The molecule has 14 heteroatoms. The fraction of sp³-hybridized carbons (Fsp3) is 0.787. The number of unbranched alkanes of at least 4 members (excludes halogenated alkanes) is 18. The topological polar surface area (TPSA) is 210 Å². The quantitative estimate of drug-likeness (QED) is 0.0148. The van der Waals surface area contributed by atoms with Gasteiger partial charge in [0.25, 0.3) is 0 Å². The first-order valence-corrected chi connectivity index (χ1v) is 24.9. The van der Waals surface area contributed by atoms with E-state index in [1.807, 2.05) is 12.2 Å². The van der Waals surface area contributed by atoms with Crippen LogP contribution in [0, 0.1) is 0 Å². The number of esters is 2. The first-order chi connectivity index (χ1) is 29.4. The zero-order chi connectivity index (χ0) is 45.0. The molecular weight excluding hydrogens is 803 g/mol. The van der Waals surface area contributed by atoms with Gasteiger partial charge in [-0.2, -0.15) is 0 Å². The summed E-state index contributed by atoms with van der Waals surface area (Å²) in [5.41, 5.74) is 0. The Labute approximate surface area is 367 Å². The van der Waals surface area contributed by atoms with Crippen LogP contribution in [0.3, 0.4) is 0 Å². The van der Waals surface area contributed by atoms with Crippen LogP contribution in [0.2, 0.25) is 0 Å². The monoisotopic (exact) mass is 887 g/mol. The van der Waals surface area contributed by atoms with E-state index in [1.54, 1.807) is 0 Å². The zero-order valence-electron chi connectivity index (χ0n) is 37.4. The number of aliphatic hydroxyl groups is 5. The Balaban J connectivity index is 2.50. The molecule has 0 amide bonds. The summed E-state index contributed by atoms with van der Waals surface area (Å²) in [7, 11) is -5.13. The van der Waals surface area contributed by atoms with Crippen molar-refractivity contribution in [1.82, 2.24) is 0 Å². The van der Waals surface area contributed by atoms with E-state index < -0.39 is 75.7 Å². The predicted octanol–water partition coefficient (Wildman–Crippen LogP) is 9.17. The summed E-state index contributed by atoms with van der Waals surface area (Å²) >= 11 is 0. The molecule has 0 aromatic heterocycles. The van der Waals surface area contributed by atoms with Gasteiger partial charge in [0.2, 0.25) is 0 Å². The highest BCUT2D eigenvalue weighted by Crippen LogP contribution is 2.47. The van der Waals surface area contributed by atoms with Gasteiger partial charge in [-0.15, -0.1) is 0 Å². The summed E-state index contributed by atoms with van der Waals surface area (Å²) in [6.07, 6.45) is 30.3. The maximum atomic E-state index is 12.8. The van der Waals surface area contributed by atoms with Gasteiger partial charge in [-0.25, -0.2) is 4.57 Å². The van der Waals surface area contributed by atoms with Crippen LogP contribution >= 0.6 is 7.82 Å². The molecule has 0 bridgehead atoms. The summed E-state index contributed by atoms with van der Waals surface area (Å²) < 4.78 is 33.5. The molecule has 0 radical (unpaired) electrons. The van der Waals surface area contributed by atoms with Crippen LogP contribution in [0.5, 0.6) is 0 Å². The number of allylic oxidation sites excluding steroid dienone is 8. The lowest BCUT2D eigenvalue weighted by molar-refractivity contribution is -0.220. The van der Waals surface area contributed by atoms with E-state index in [0.717, 1.165) is 44.9 Å². The number of carbonyl (C=O) groups is 2. The molecule has 0 aromatic rings. The standard InChI is InChI=1S/C47H83O13P/c1-3-5-7-9-11-13-15-17-19-20-22-24-26-28-30-32-34-36-41(49)59-39(38-58-61(55,56)60-47-45(53)43(51)42(50)44(52)46(47)54)37-57-40(48)35-33-31-29-27-25-23-21-18-16-14-12-10-8-6-4-2/h11,13,17,19,22,24,28,30,39,42-47,50-54H,3-10,12,14-16,18,20-21,23,25-27,29,31-38H2,1-2H3,(H,55,56)/b13-11-,19-17-,24-22-,30-28-/t39?,42?,43-,44+,45-,46-,47?/m1/s1. The van der Waals surface area contributed by atoms with Crippen molar-refractivity contribution in [2.75, 3.05) is 13.2 Å². The average molecular weight is 887 g/mol. The van der Waals surface area contributed by atoms with Crippen molar-refractivity contribution < 1.29 is 63.1 Å². The summed E-state index contributed by atoms with van der Waals surface area (Å²) in [6.45, 7) is 3.23. The van der Waals surface area contributed by atoms with Crippen LogP contribution in [0.1, 0.15) is 181 Å². The van der Waals surface area contributed by atoms with Crippen LogP contribution in [0.25, 0.3) is 0 Å².